The maximum absolute atomic E-state index is 13.5. The lowest BCUT2D eigenvalue weighted by Crippen LogP contribution is -2.35. The van der Waals surface area contributed by atoms with Crippen LogP contribution in [0.1, 0.15) is 21.6 Å². The number of hydrogen-bond donors (Lipinski definition) is 2. The van der Waals surface area contributed by atoms with E-state index < -0.39 is 17.5 Å². The van der Waals surface area contributed by atoms with Gasteiger partial charge in [0.25, 0.3) is 5.91 Å². The van der Waals surface area contributed by atoms with Gasteiger partial charge in [0.1, 0.15) is 17.3 Å². The zero-order chi connectivity index (χ0) is 19.4. The summed E-state index contributed by atoms with van der Waals surface area (Å²) in [6.07, 6.45) is 3.77. The van der Waals surface area contributed by atoms with Gasteiger partial charge in [-0.3, -0.25) is 9.59 Å². The number of carbonyl (C=O) groups is 2. The van der Waals surface area contributed by atoms with Crippen LogP contribution in [-0.4, -0.2) is 34.3 Å². The molecule has 0 aliphatic heterocycles. The van der Waals surface area contributed by atoms with Gasteiger partial charge in [0, 0.05) is 31.5 Å². The zero-order valence-corrected chi connectivity index (χ0v) is 14.6. The van der Waals surface area contributed by atoms with Crippen LogP contribution in [0, 0.1) is 18.6 Å². The van der Waals surface area contributed by atoms with Crippen molar-refractivity contribution in [2.45, 2.75) is 13.3 Å². The Labute approximate surface area is 154 Å². The van der Waals surface area contributed by atoms with Crippen molar-refractivity contribution in [2.24, 2.45) is 0 Å². The van der Waals surface area contributed by atoms with Crippen molar-refractivity contribution in [3.8, 4) is 0 Å². The predicted molar refractivity (Wildman–Crippen MR) is 95.3 cm³/mol. The minimum absolute atomic E-state index is 0.113. The van der Waals surface area contributed by atoms with Crippen LogP contribution in [0.4, 0.5) is 8.78 Å². The van der Waals surface area contributed by atoms with E-state index in [0.717, 1.165) is 23.3 Å². The first kappa shape index (κ1) is 18.5. The van der Waals surface area contributed by atoms with Crippen molar-refractivity contribution in [1.29, 1.82) is 0 Å². The van der Waals surface area contributed by atoms with Crippen molar-refractivity contribution in [3.05, 3.63) is 71.2 Å². The Morgan fingerprint density at radius 1 is 1.15 bits per heavy atom. The molecule has 0 atom stereocenters. The van der Waals surface area contributed by atoms with E-state index in [2.05, 4.69) is 15.6 Å². The molecule has 1 aromatic carbocycles. The average Bonchev–Trinajstić information content (AvgIpc) is 3.02. The van der Waals surface area contributed by atoms with Crippen LogP contribution in [0.2, 0.25) is 0 Å². The summed E-state index contributed by atoms with van der Waals surface area (Å²) < 4.78 is 28.2. The molecule has 140 valence electrons. The number of rotatable bonds is 6. The first-order valence-corrected chi connectivity index (χ1v) is 8.37. The summed E-state index contributed by atoms with van der Waals surface area (Å²) in [5.41, 5.74) is 2.20. The molecule has 3 rings (SSSR count). The van der Waals surface area contributed by atoms with E-state index in [-0.39, 0.29) is 31.0 Å². The standard InChI is InChI=1S/C19H18F2N4O2/c1-12-3-2-8-25-11-14(24-18(12)25)10-17(26)22-6-7-23-19(27)15-5-4-13(20)9-16(15)21/h2-5,8-9,11H,6-7,10H2,1H3,(H,22,26)(H,23,27). The molecular formula is C19H18F2N4O2. The molecule has 8 heteroatoms. The van der Waals surface area contributed by atoms with Gasteiger partial charge in [0.15, 0.2) is 0 Å². The van der Waals surface area contributed by atoms with E-state index >= 15 is 0 Å². The third-order valence-corrected chi connectivity index (χ3v) is 3.98. The van der Waals surface area contributed by atoms with E-state index in [1.165, 1.54) is 0 Å². The van der Waals surface area contributed by atoms with Crippen LogP contribution in [0.5, 0.6) is 0 Å². The highest BCUT2D eigenvalue weighted by molar-refractivity contribution is 5.94. The van der Waals surface area contributed by atoms with Crippen molar-refractivity contribution in [3.63, 3.8) is 0 Å². The van der Waals surface area contributed by atoms with Gasteiger partial charge < -0.3 is 15.0 Å². The highest BCUT2D eigenvalue weighted by atomic mass is 19.1. The summed E-state index contributed by atoms with van der Waals surface area (Å²) in [5.74, 6) is -2.59. The normalized spacial score (nSPS) is 10.8. The topological polar surface area (TPSA) is 75.5 Å². The molecule has 0 bridgehead atoms. The SMILES string of the molecule is Cc1cccn2cc(CC(=O)NCCNC(=O)c3ccc(F)cc3F)nc12. The van der Waals surface area contributed by atoms with Gasteiger partial charge in [0.2, 0.25) is 5.91 Å². The van der Waals surface area contributed by atoms with Gasteiger partial charge >= 0.3 is 0 Å². The lowest BCUT2D eigenvalue weighted by molar-refractivity contribution is -0.120. The molecule has 0 aliphatic rings. The Bertz CT molecular complexity index is 1000. The Kier molecular flexibility index (Phi) is 5.44. The fraction of sp³-hybridized carbons (Fsp3) is 0.211. The molecule has 0 unspecified atom stereocenters. The molecule has 0 aliphatic carbocycles. The zero-order valence-electron chi connectivity index (χ0n) is 14.6. The quantitative estimate of drug-likeness (QED) is 0.650. The number of carbonyl (C=O) groups excluding carboxylic acids is 2. The summed E-state index contributed by atoms with van der Waals surface area (Å²) in [4.78, 5) is 28.3. The number of pyridine rings is 1. The third kappa shape index (κ3) is 4.46. The summed E-state index contributed by atoms with van der Waals surface area (Å²) in [6, 6.07) is 6.58. The molecule has 3 aromatic rings. The van der Waals surface area contributed by atoms with E-state index in [4.69, 9.17) is 0 Å². The van der Waals surface area contributed by atoms with Gasteiger partial charge in [-0.15, -0.1) is 0 Å². The molecule has 6 nitrogen and oxygen atoms in total. The van der Waals surface area contributed by atoms with Crippen LogP contribution in [0.3, 0.4) is 0 Å². The van der Waals surface area contributed by atoms with Gasteiger partial charge in [-0.1, -0.05) is 6.07 Å². The van der Waals surface area contributed by atoms with Crippen molar-refractivity contribution in [2.75, 3.05) is 13.1 Å². The number of halogens is 2. The van der Waals surface area contributed by atoms with E-state index in [0.29, 0.717) is 11.8 Å². The summed E-state index contributed by atoms with van der Waals surface area (Å²) in [5, 5.41) is 5.14. The molecular weight excluding hydrogens is 354 g/mol. The smallest absolute Gasteiger partial charge is 0.254 e. The Morgan fingerprint density at radius 2 is 1.93 bits per heavy atom. The first-order valence-electron chi connectivity index (χ1n) is 8.37. The van der Waals surface area contributed by atoms with Gasteiger partial charge in [0.05, 0.1) is 17.7 Å². The molecule has 0 fully saturated rings. The summed E-state index contributed by atoms with van der Waals surface area (Å²) in [6.45, 7) is 2.24. The van der Waals surface area contributed by atoms with E-state index in [1.54, 1.807) is 6.20 Å². The lowest BCUT2D eigenvalue weighted by atomic mass is 10.2. The highest BCUT2D eigenvalue weighted by Gasteiger charge is 2.12. The molecule has 0 saturated carbocycles. The van der Waals surface area contributed by atoms with Crippen LogP contribution < -0.4 is 10.6 Å². The van der Waals surface area contributed by atoms with Gasteiger partial charge in [-0.2, -0.15) is 0 Å². The monoisotopic (exact) mass is 372 g/mol. The second kappa shape index (κ2) is 7.94. The molecule has 2 N–H and O–H groups in total. The van der Waals surface area contributed by atoms with Crippen molar-refractivity contribution >= 4 is 17.5 Å². The minimum atomic E-state index is -0.932. The second-order valence-corrected chi connectivity index (χ2v) is 6.06. The average molecular weight is 372 g/mol. The number of nitrogens with zero attached hydrogens (tertiary/aromatic N) is 2. The molecule has 2 amide bonds. The summed E-state index contributed by atoms with van der Waals surface area (Å²) >= 11 is 0. The van der Waals surface area contributed by atoms with Crippen molar-refractivity contribution < 1.29 is 18.4 Å². The van der Waals surface area contributed by atoms with Gasteiger partial charge in [-0.25, -0.2) is 13.8 Å². The summed E-state index contributed by atoms with van der Waals surface area (Å²) in [7, 11) is 0. The molecule has 0 radical (unpaired) electrons. The fourth-order valence-electron chi connectivity index (χ4n) is 2.66. The molecule has 2 aromatic heterocycles. The molecule has 2 heterocycles. The van der Waals surface area contributed by atoms with Crippen LogP contribution in [-0.2, 0) is 11.2 Å². The Morgan fingerprint density at radius 3 is 2.67 bits per heavy atom. The maximum Gasteiger partial charge on any atom is 0.254 e. The number of aromatic nitrogens is 2. The largest absolute Gasteiger partial charge is 0.354 e. The second-order valence-electron chi connectivity index (χ2n) is 6.06. The maximum atomic E-state index is 13.5. The fourth-order valence-corrected chi connectivity index (χ4v) is 2.66. The van der Waals surface area contributed by atoms with E-state index in [9.17, 15) is 18.4 Å². The Hall–Kier alpha value is -3.29. The Balaban J connectivity index is 1.46. The van der Waals surface area contributed by atoms with E-state index in [1.807, 2.05) is 29.7 Å². The van der Waals surface area contributed by atoms with Crippen LogP contribution in [0.15, 0.2) is 42.7 Å². The van der Waals surface area contributed by atoms with Crippen molar-refractivity contribution in [1.82, 2.24) is 20.0 Å². The number of aryl methyl sites for hydroxylation is 1. The number of amides is 2. The number of benzene rings is 1. The number of fused-ring (bicyclic) bond motifs is 1. The molecule has 0 spiro atoms. The van der Waals surface area contributed by atoms with Crippen LogP contribution >= 0.6 is 0 Å². The van der Waals surface area contributed by atoms with Gasteiger partial charge in [-0.05, 0) is 30.7 Å². The molecule has 27 heavy (non-hydrogen) atoms. The lowest BCUT2D eigenvalue weighted by Gasteiger charge is -2.07. The highest BCUT2D eigenvalue weighted by Crippen LogP contribution is 2.10. The number of nitrogens with one attached hydrogen (secondary N) is 2. The van der Waals surface area contributed by atoms with Crippen LogP contribution in [0.25, 0.3) is 5.65 Å². The number of imidazole rings is 1. The number of hydrogen-bond acceptors (Lipinski definition) is 3. The predicted octanol–water partition coefficient (Wildman–Crippen LogP) is 2.01. The molecule has 0 saturated heterocycles. The third-order valence-electron chi connectivity index (χ3n) is 3.98. The minimum Gasteiger partial charge on any atom is -0.354 e. The first-order chi connectivity index (χ1) is 12.9.